The first kappa shape index (κ1) is 18.8. The van der Waals surface area contributed by atoms with Crippen LogP contribution in [0.4, 0.5) is 0 Å². The van der Waals surface area contributed by atoms with Crippen LogP contribution in [0.3, 0.4) is 0 Å². The molecule has 1 N–H and O–H groups in total. The van der Waals surface area contributed by atoms with Gasteiger partial charge in [-0.3, -0.25) is 14.7 Å². The van der Waals surface area contributed by atoms with Crippen molar-refractivity contribution in [1.29, 1.82) is 0 Å². The van der Waals surface area contributed by atoms with E-state index in [-0.39, 0.29) is 5.56 Å². The predicted octanol–water partition coefficient (Wildman–Crippen LogP) is 4.97. The van der Waals surface area contributed by atoms with Crippen LogP contribution in [0.25, 0.3) is 22.0 Å². The van der Waals surface area contributed by atoms with Gasteiger partial charge in [0.05, 0.1) is 5.52 Å². The van der Waals surface area contributed by atoms with Crippen molar-refractivity contribution in [2.75, 3.05) is 13.1 Å². The maximum absolute atomic E-state index is 11.8. The Morgan fingerprint density at radius 2 is 1.73 bits per heavy atom. The zero-order valence-corrected chi connectivity index (χ0v) is 16.9. The Morgan fingerprint density at radius 1 is 0.900 bits per heavy atom. The zero-order chi connectivity index (χ0) is 20.3. The molecular formula is C26H25N3O. The summed E-state index contributed by atoms with van der Waals surface area (Å²) in [7, 11) is 0. The number of nitrogens with zero attached hydrogens (tertiary/aromatic N) is 2. The molecule has 4 heteroatoms. The van der Waals surface area contributed by atoms with E-state index in [1.165, 1.54) is 22.3 Å². The largest absolute Gasteiger partial charge is 0.322 e. The van der Waals surface area contributed by atoms with Crippen LogP contribution in [-0.2, 0) is 6.54 Å². The molecule has 4 aromatic rings. The van der Waals surface area contributed by atoms with Crippen molar-refractivity contribution in [2.24, 2.45) is 0 Å². The number of benzene rings is 2. The third-order valence-electron chi connectivity index (χ3n) is 6.13. The molecule has 0 spiro atoms. The standard InChI is InChI=1S/C26H25N3O/c30-25-10-9-22-7-4-8-24(26(22)28-25)21-11-13-29(14-12-21)18-19-15-23(17-27-16-19)20-5-2-1-3-6-20/h1-10,15-17,21H,11-14,18H2,(H,28,30). The number of para-hydroxylation sites is 1. The predicted molar refractivity (Wildman–Crippen MR) is 121 cm³/mol. The third kappa shape index (κ3) is 3.91. The van der Waals surface area contributed by atoms with Gasteiger partial charge in [-0.2, -0.15) is 0 Å². The Kier molecular flexibility index (Phi) is 5.16. The monoisotopic (exact) mass is 395 g/mol. The van der Waals surface area contributed by atoms with Crippen molar-refractivity contribution < 1.29 is 0 Å². The van der Waals surface area contributed by atoms with Gasteiger partial charge in [0.15, 0.2) is 0 Å². The number of piperidine rings is 1. The summed E-state index contributed by atoms with van der Waals surface area (Å²) in [4.78, 5) is 21.9. The van der Waals surface area contributed by atoms with E-state index in [0.717, 1.165) is 43.4 Å². The van der Waals surface area contributed by atoms with Crippen LogP contribution in [0.1, 0.15) is 29.9 Å². The number of hydrogen-bond acceptors (Lipinski definition) is 3. The molecule has 0 amide bonds. The number of pyridine rings is 2. The molecule has 0 atom stereocenters. The number of likely N-dealkylation sites (tertiary alicyclic amines) is 1. The Labute approximate surface area is 176 Å². The molecule has 1 aliphatic heterocycles. The van der Waals surface area contributed by atoms with Crippen molar-refractivity contribution in [3.05, 3.63) is 101 Å². The van der Waals surface area contributed by atoms with Gasteiger partial charge in [-0.25, -0.2) is 0 Å². The summed E-state index contributed by atoms with van der Waals surface area (Å²) in [5.41, 5.74) is 5.88. The summed E-state index contributed by atoms with van der Waals surface area (Å²) in [6.07, 6.45) is 6.12. The summed E-state index contributed by atoms with van der Waals surface area (Å²) >= 11 is 0. The number of aromatic nitrogens is 2. The first-order valence-electron chi connectivity index (χ1n) is 10.6. The van der Waals surface area contributed by atoms with Crippen molar-refractivity contribution in [2.45, 2.75) is 25.3 Å². The van der Waals surface area contributed by atoms with E-state index >= 15 is 0 Å². The van der Waals surface area contributed by atoms with Gasteiger partial charge in [-0.15, -0.1) is 0 Å². The number of aromatic amines is 1. The first-order chi connectivity index (χ1) is 14.8. The minimum absolute atomic E-state index is 0.0295. The number of fused-ring (bicyclic) bond motifs is 1. The fourth-order valence-corrected chi connectivity index (χ4v) is 4.57. The van der Waals surface area contributed by atoms with Crippen molar-refractivity contribution in [3.8, 4) is 11.1 Å². The highest BCUT2D eigenvalue weighted by molar-refractivity contribution is 5.82. The molecule has 150 valence electrons. The Balaban J connectivity index is 1.28. The van der Waals surface area contributed by atoms with E-state index in [1.54, 1.807) is 6.07 Å². The van der Waals surface area contributed by atoms with Gasteiger partial charge in [-0.05, 0) is 66.1 Å². The van der Waals surface area contributed by atoms with E-state index in [4.69, 9.17) is 0 Å². The Morgan fingerprint density at radius 3 is 2.57 bits per heavy atom. The van der Waals surface area contributed by atoms with Gasteiger partial charge in [0, 0.05) is 30.6 Å². The van der Waals surface area contributed by atoms with E-state index in [1.807, 2.05) is 24.5 Å². The SMILES string of the molecule is O=c1ccc2cccc(C3CCN(Cc4cncc(-c5ccccc5)c4)CC3)c2[nH]1. The van der Waals surface area contributed by atoms with Crippen LogP contribution in [0.5, 0.6) is 0 Å². The van der Waals surface area contributed by atoms with Crippen LogP contribution in [-0.4, -0.2) is 28.0 Å². The van der Waals surface area contributed by atoms with Gasteiger partial charge >= 0.3 is 0 Å². The van der Waals surface area contributed by atoms with Crippen LogP contribution >= 0.6 is 0 Å². The van der Waals surface area contributed by atoms with E-state index < -0.39 is 0 Å². The topological polar surface area (TPSA) is 49.0 Å². The molecule has 0 bridgehead atoms. The normalized spacial score (nSPS) is 15.5. The molecule has 1 saturated heterocycles. The molecule has 0 aliphatic carbocycles. The van der Waals surface area contributed by atoms with Gasteiger partial charge in [-0.1, -0.05) is 48.5 Å². The lowest BCUT2D eigenvalue weighted by Gasteiger charge is -2.32. The van der Waals surface area contributed by atoms with Crippen molar-refractivity contribution in [1.82, 2.24) is 14.9 Å². The van der Waals surface area contributed by atoms with Crippen molar-refractivity contribution >= 4 is 10.9 Å². The van der Waals surface area contributed by atoms with Crippen LogP contribution < -0.4 is 5.56 Å². The summed E-state index contributed by atoms with van der Waals surface area (Å²) in [5, 5.41) is 1.11. The van der Waals surface area contributed by atoms with Gasteiger partial charge in [0.25, 0.3) is 0 Å². The van der Waals surface area contributed by atoms with Gasteiger partial charge in [0.1, 0.15) is 0 Å². The highest BCUT2D eigenvalue weighted by Gasteiger charge is 2.22. The lowest BCUT2D eigenvalue weighted by molar-refractivity contribution is 0.205. The van der Waals surface area contributed by atoms with Crippen LogP contribution in [0.2, 0.25) is 0 Å². The fraction of sp³-hybridized carbons (Fsp3) is 0.231. The fourth-order valence-electron chi connectivity index (χ4n) is 4.57. The third-order valence-corrected chi connectivity index (χ3v) is 6.13. The number of rotatable bonds is 4. The Bertz CT molecular complexity index is 1210. The number of hydrogen-bond donors (Lipinski definition) is 1. The molecule has 5 rings (SSSR count). The van der Waals surface area contributed by atoms with E-state index in [9.17, 15) is 4.79 Å². The summed E-state index contributed by atoms with van der Waals surface area (Å²) in [5.74, 6) is 0.483. The highest BCUT2D eigenvalue weighted by atomic mass is 16.1. The molecule has 3 heterocycles. The average molecular weight is 396 g/mol. The number of nitrogens with one attached hydrogen (secondary N) is 1. The molecule has 2 aromatic heterocycles. The maximum atomic E-state index is 11.8. The second-order valence-corrected chi connectivity index (χ2v) is 8.13. The lowest BCUT2D eigenvalue weighted by atomic mass is 9.88. The van der Waals surface area contributed by atoms with Crippen LogP contribution in [0, 0.1) is 0 Å². The van der Waals surface area contributed by atoms with Gasteiger partial charge < -0.3 is 4.98 Å². The number of H-pyrrole nitrogens is 1. The van der Waals surface area contributed by atoms with Crippen LogP contribution in [0.15, 0.2) is 83.9 Å². The Hall–Kier alpha value is -3.24. The smallest absolute Gasteiger partial charge is 0.248 e. The molecule has 0 unspecified atom stereocenters. The van der Waals surface area contributed by atoms with E-state index in [2.05, 4.69) is 63.4 Å². The quantitative estimate of drug-likeness (QED) is 0.531. The minimum atomic E-state index is -0.0295. The summed E-state index contributed by atoms with van der Waals surface area (Å²) in [6.45, 7) is 3.02. The molecular weight excluding hydrogens is 370 g/mol. The minimum Gasteiger partial charge on any atom is -0.322 e. The average Bonchev–Trinajstić information content (AvgIpc) is 2.80. The highest BCUT2D eigenvalue weighted by Crippen LogP contribution is 2.32. The lowest BCUT2D eigenvalue weighted by Crippen LogP contribution is -2.32. The zero-order valence-electron chi connectivity index (χ0n) is 16.9. The second-order valence-electron chi connectivity index (χ2n) is 8.13. The van der Waals surface area contributed by atoms with E-state index in [0.29, 0.717) is 5.92 Å². The molecule has 0 radical (unpaired) electrons. The molecule has 2 aromatic carbocycles. The molecule has 1 aliphatic rings. The van der Waals surface area contributed by atoms with Gasteiger partial charge in [0.2, 0.25) is 5.56 Å². The second kappa shape index (κ2) is 8.25. The summed E-state index contributed by atoms with van der Waals surface area (Å²) < 4.78 is 0. The molecule has 0 saturated carbocycles. The van der Waals surface area contributed by atoms with Crippen molar-refractivity contribution in [3.63, 3.8) is 0 Å². The molecule has 30 heavy (non-hydrogen) atoms. The maximum Gasteiger partial charge on any atom is 0.248 e. The summed E-state index contributed by atoms with van der Waals surface area (Å²) in [6, 6.07) is 22.5. The molecule has 4 nitrogen and oxygen atoms in total. The molecule has 1 fully saturated rings. The first-order valence-corrected chi connectivity index (χ1v) is 10.6.